The maximum absolute atomic E-state index is 13.5. The maximum atomic E-state index is 13.5. The Bertz CT molecular complexity index is 1590. The van der Waals surface area contributed by atoms with E-state index < -0.39 is 23.3 Å². The van der Waals surface area contributed by atoms with Gasteiger partial charge in [-0.2, -0.15) is 0 Å². The van der Waals surface area contributed by atoms with Gasteiger partial charge in [-0.25, -0.2) is 18.3 Å². The predicted molar refractivity (Wildman–Crippen MR) is 134 cm³/mol. The Labute approximate surface area is 210 Å². The fourth-order valence-corrected chi connectivity index (χ4v) is 4.20. The number of carbonyl (C=O) groups is 2. The van der Waals surface area contributed by atoms with Gasteiger partial charge in [0.1, 0.15) is 17.3 Å². The largest absolute Gasteiger partial charge is 0.329 e. The van der Waals surface area contributed by atoms with Gasteiger partial charge in [0.05, 0.1) is 17.8 Å². The molecule has 1 aliphatic heterocycles. The van der Waals surface area contributed by atoms with Gasteiger partial charge in [0, 0.05) is 12.1 Å². The highest BCUT2D eigenvalue weighted by Gasteiger charge is 2.34. The number of imide groups is 1. The van der Waals surface area contributed by atoms with Crippen molar-refractivity contribution in [1.82, 2.24) is 20.0 Å². The number of halogens is 2. The van der Waals surface area contributed by atoms with Crippen molar-refractivity contribution in [3.8, 4) is 5.69 Å². The van der Waals surface area contributed by atoms with Gasteiger partial charge >= 0.3 is 6.03 Å². The molecule has 4 aromatic rings. The second-order valence-electron chi connectivity index (χ2n) is 8.74. The number of benzene rings is 3. The summed E-state index contributed by atoms with van der Waals surface area (Å²) in [6.07, 6.45) is 1.62. The van der Waals surface area contributed by atoms with Crippen LogP contribution in [0.25, 0.3) is 11.8 Å². The van der Waals surface area contributed by atoms with Crippen molar-refractivity contribution in [2.75, 3.05) is 0 Å². The molecule has 1 saturated heterocycles. The van der Waals surface area contributed by atoms with Crippen LogP contribution in [-0.2, 0) is 17.8 Å². The molecule has 1 fully saturated rings. The van der Waals surface area contributed by atoms with Crippen LogP contribution in [0.3, 0.4) is 0 Å². The third-order valence-electron chi connectivity index (χ3n) is 6.16. The molecular formula is C28H22F2N4O3. The lowest BCUT2D eigenvalue weighted by Gasteiger charge is -2.11. The normalized spacial score (nSPS) is 14.5. The average molecular weight is 501 g/mol. The van der Waals surface area contributed by atoms with Crippen LogP contribution >= 0.6 is 0 Å². The summed E-state index contributed by atoms with van der Waals surface area (Å²) < 4.78 is 28.1. The van der Waals surface area contributed by atoms with Crippen molar-refractivity contribution in [1.29, 1.82) is 0 Å². The first kappa shape index (κ1) is 23.9. The average Bonchev–Trinajstić information content (AvgIpc) is 3.32. The summed E-state index contributed by atoms with van der Waals surface area (Å²) in [4.78, 5) is 40.2. The van der Waals surface area contributed by atoms with Crippen molar-refractivity contribution < 1.29 is 18.4 Å². The van der Waals surface area contributed by atoms with Crippen LogP contribution in [0.1, 0.15) is 27.9 Å². The van der Waals surface area contributed by atoms with E-state index in [1.54, 1.807) is 24.3 Å². The van der Waals surface area contributed by atoms with Gasteiger partial charge in [-0.15, -0.1) is 0 Å². The molecule has 7 nitrogen and oxygen atoms in total. The van der Waals surface area contributed by atoms with Gasteiger partial charge < -0.3 is 5.32 Å². The Kier molecular flexibility index (Phi) is 6.27. The molecule has 5 rings (SSSR count). The molecule has 0 radical (unpaired) electrons. The number of hydrogen-bond donors (Lipinski definition) is 2. The second-order valence-corrected chi connectivity index (χ2v) is 8.74. The number of nitrogens with one attached hydrogen (secondary N) is 2. The summed E-state index contributed by atoms with van der Waals surface area (Å²) in [6.45, 7) is 1.82. The van der Waals surface area contributed by atoms with E-state index in [-0.39, 0.29) is 30.0 Å². The quantitative estimate of drug-likeness (QED) is 0.303. The first-order chi connectivity index (χ1) is 17.8. The minimum Gasteiger partial charge on any atom is -0.303 e. The zero-order valence-corrected chi connectivity index (χ0v) is 19.8. The third-order valence-corrected chi connectivity index (χ3v) is 6.16. The lowest BCUT2D eigenvalue weighted by atomic mass is 10.1. The number of aromatic amines is 1. The first-order valence-corrected chi connectivity index (χ1v) is 11.5. The summed E-state index contributed by atoms with van der Waals surface area (Å²) in [6, 6.07) is 18.1. The van der Waals surface area contributed by atoms with Crippen molar-refractivity contribution >= 4 is 18.0 Å². The summed E-state index contributed by atoms with van der Waals surface area (Å²) in [5.41, 5.74) is 3.04. The SMILES string of the molecule is Cc1ccccc1-n1[nH]c(Cc2ccc(F)cc2)c(/C=C2\NC(=O)N(Cc3ccc(F)cc3)C2=O)c1=O. The zero-order valence-electron chi connectivity index (χ0n) is 19.8. The van der Waals surface area contributed by atoms with E-state index >= 15 is 0 Å². The van der Waals surface area contributed by atoms with E-state index in [4.69, 9.17) is 0 Å². The molecule has 37 heavy (non-hydrogen) atoms. The number of rotatable bonds is 6. The Morgan fingerprint density at radius 1 is 0.838 bits per heavy atom. The maximum Gasteiger partial charge on any atom is 0.329 e. The standard InChI is InChI=1S/C28H22F2N4O3/c1-17-4-2-3-5-25(17)34-26(35)22(23(32-34)14-18-6-10-20(29)11-7-18)15-24-27(36)33(28(37)31-24)16-19-8-12-21(30)13-9-19/h2-13,15,32H,14,16H2,1H3,(H,31,37)/b24-15-. The predicted octanol–water partition coefficient (Wildman–Crippen LogP) is 4.44. The monoisotopic (exact) mass is 500 g/mol. The number of carbonyl (C=O) groups excluding carboxylic acids is 2. The molecule has 0 bridgehead atoms. The highest BCUT2D eigenvalue weighted by Crippen LogP contribution is 2.20. The summed E-state index contributed by atoms with van der Waals surface area (Å²) >= 11 is 0. The smallest absolute Gasteiger partial charge is 0.303 e. The molecule has 0 aliphatic carbocycles. The molecule has 186 valence electrons. The number of aryl methyl sites for hydroxylation is 1. The minimum absolute atomic E-state index is 0.0503. The molecule has 1 aromatic heterocycles. The van der Waals surface area contributed by atoms with Gasteiger partial charge in [0.2, 0.25) is 0 Å². The molecule has 2 N–H and O–H groups in total. The van der Waals surface area contributed by atoms with Crippen LogP contribution in [0.5, 0.6) is 0 Å². The van der Waals surface area contributed by atoms with Gasteiger partial charge in [-0.3, -0.25) is 19.6 Å². The van der Waals surface area contributed by atoms with Crippen LogP contribution in [-0.4, -0.2) is 26.6 Å². The minimum atomic E-state index is -0.643. The molecule has 0 saturated carbocycles. The summed E-state index contributed by atoms with van der Waals surface area (Å²) in [7, 11) is 0. The van der Waals surface area contributed by atoms with Crippen molar-refractivity contribution in [3.05, 3.63) is 128 Å². The molecule has 9 heteroatoms. The summed E-state index contributed by atoms with van der Waals surface area (Å²) in [5, 5.41) is 5.65. The molecular weight excluding hydrogens is 478 g/mol. The van der Waals surface area contributed by atoms with Crippen molar-refractivity contribution in [2.45, 2.75) is 19.9 Å². The Morgan fingerprint density at radius 2 is 1.46 bits per heavy atom. The van der Waals surface area contributed by atoms with E-state index in [1.165, 1.54) is 47.2 Å². The molecule has 0 atom stereocenters. The Hall–Kier alpha value is -4.79. The van der Waals surface area contributed by atoms with E-state index in [9.17, 15) is 23.2 Å². The molecule has 0 unspecified atom stereocenters. The fraction of sp³-hybridized carbons (Fsp3) is 0.107. The van der Waals surface area contributed by atoms with Crippen molar-refractivity contribution in [2.24, 2.45) is 0 Å². The third kappa shape index (κ3) is 4.84. The van der Waals surface area contributed by atoms with E-state index in [0.717, 1.165) is 16.0 Å². The molecule has 0 spiro atoms. The lowest BCUT2D eigenvalue weighted by Crippen LogP contribution is -2.30. The highest BCUT2D eigenvalue weighted by atomic mass is 19.1. The van der Waals surface area contributed by atoms with Gasteiger partial charge in [0.25, 0.3) is 11.5 Å². The number of para-hydroxylation sites is 1. The topological polar surface area (TPSA) is 87.2 Å². The van der Waals surface area contributed by atoms with Crippen LogP contribution in [0.2, 0.25) is 0 Å². The van der Waals surface area contributed by atoms with Crippen LogP contribution < -0.4 is 10.9 Å². The number of hydrogen-bond acceptors (Lipinski definition) is 3. The van der Waals surface area contributed by atoms with Gasteiger partial charge in [-0.1, -0.05) is 42.5 Å². The van der Waals surface area contributed by atoms with E-state index in [0.29, 0.717) is 16.9 Å². The molecule has 3 aromatic carbocycles. The highest BCUT2D eigenvalue weighted by molar-refractivity contribution is 6.13. The van der Waals surface area contributed by atoms with Gasteiger partial charge in [0.15, 0.2) is 0 Å². The zero-order chi connectivity index (χ0) is 26.1. The number of aromatic nitrogens is 2. The Morgan fingerprint density at radius 3 is 2.11 bits per heavy atom. The number of urea groups is 1. The first-order valence-electron chi connectivity index (χ1n) is 11.5. The Balaban J connectivity index is 1.54. The van der Waals surface area contributed by atoms with E-state index in [1.807, 2.05) is 19.1 Å². The lowest BCUT2D eigenvalue weighted by molar-refractivity contribution is -0.123. The fourth-order valence-electron chi connectivity index (χ4n) is 4.20. The summed E-state index contributed by atoms with van der Waals surface area (Å²) in [5.74, 6) is -1.41. The number of amides is 3. The van der Waals surface area contributed by atoms with Gasteiger partial charge in [-0.05, 0) is 60.0 Å². The number of H-pyrrole nitrogens is 1. The number of nitrogens with zero attached hydrogens (tertiary/aromatic N) is 2. The van der Waals surface area contributed by atoms with Crippen LogP contribution in [0.15, 0.2) is 83.3 Å². The van der Waals surface area contributed by atoms with Crippen molar-refractivity contribution in [3.63, 3.8) is 0 Å². The second kappa shape index (κ2) is 9.69. The molecule has 1 aliphatic rings. The molecule has 2 heterocycles. The van der Waals surface area contributed by atoms with E-state index in [2.05, 4.69) is 10.4 Å². The van der Waals surface area contributed by atoms with Crippen LogP contribution in [0, 0.1) is 18.6 Å². The van der Waals surface area contributed by atoms with Crippen LogP contribution in [0.4, 0.5) is 13.6 Å². The molecule has 3 amide bonds.